The molecule has 1 saturated heterocycles. The lowest BCUT2D eigenvalue weighted by molar-refractivity contribution is -0.126. The molecule has 0 radical (unpaired) electrons. The summed E-state index contributed by atoms with van der Waals surface area (Å²) in [4.78, 5) is 15.4. The first-order valence-corrected chi connectivity index (χ1v) is 10.6. The molecule has 1 fully saturated rings. The molecule has 5 nitrogen and oxygen atoms in total. The summed E-state index contributed by atoms with van der Waals surface area (Å²) < 4.78 is 11.1. The second-order valence-electron chi connectivity index (χ2n) is 7.95. The maximum Gasteiger partial charge on any atom is 0.226 e. The monoisotopic (exact) mass is 394 g/mol. The zero-order valence-corrected chi connectivity index (χ0v) is 17.1. The Labute approximate surface area is 173 Å². The number of benzene rings is 2. The molecule has 2 aliphatic rings. The van der Waals surface area contributed by atoms with Crippen LogP contribution in [-0.4, -0.2) is 44.2 Å². The van der Waals surface area contributed by atoms with E-state index in [1.54, 1.807) is 7.11 Å². The lowest BCUT2D eigenvalue weighted by atomic mass is 9.95. The topological polar surface area (TPSA) is 50.8 Å². The number of fused-ring (bicyclic) bond motifs is 1. The van der Waals surface area contributed by atoms with Crippen LogP contribution >= 0.6 is 0 Å². The first-order valence-electron chi connectivity index (χ1n) is 10.6. The molecule has 0 aliphatic carbocycles. The second-order valence-corrected chi connectivity index (χ2v) is 7.95. The first kappa shape index (κ1) is 19.8. The van der Waals surface area contributed by atoms with E-state index in [2.05, 4.69) is 22.3 Å². The Morgan fingerprint density at radius 1 is 1.14 bits per heavy atom. The van der Waals surface area contributed by atoms with Gasteiger partial charge in [-0.3, -0.25) is 9.69 Å². The number of hydrogen-bond donors (Lipinski definition) is 1. The van der Waals surface area contributed by atoms with Crippen LogP contribution in [0.5, 0.6) is 11.5 Å². The number of hydrogen-bond acceptors (Lipinski definition) is 4. The maximum atomic E-state index is 12.9. The van der Waals surface area contributed by atoms with E-state index in [4.69, 9.17) is 9.47 Å². The number of piperidine rings is 1. The number of methoxy groups -OCH3 is 1. The second kappa shape index (κ2) is 9.31. The molecule has 154 valence electrons. The highest BCUT2D eigenvalue weighted by molar-refractivity contribution is 5.79. The quantitative estimate of drug-likeness (QED) is 0.814. The zero-order valence-electron chi connectivity index (χ0n) is 17.1. The minimum atomic E-state index is -0.136. The molecular weight excluding hydrogens is 364 g/mol. The van der Waals surface area contributed by atoms with Crippen molar-refractivity contribution >= 4 is 5.91 Å². The first-order chi connectivity index (χ1) is 14.2. The fourth-order valence-electron chi connectivity index (χ4n) is 4.35. The Kier molecular flexibility index (Phi) is 6.35. The molecule has 4 rings (SSSR count). The third-order valence-corrected chi connectivity index (χ3v) is 6.05. The molecule has 5 heteroatoms. The van der Waals surface area contributed by atoms with Gasteiger partial charge in [0.05, 0.1) is 19.1 Å². The summed E-state index contributed by atoms with van der Waals surface area (Å²) in [5, 5.41) is 3.22. The highest BCUT2D eigenvalue weighted by Crippen LogP contribution is 2.28. The fourth-order valence-corrected chi connectivity index (χ4v) is 4.35. The van der Waals surface area contributed by atoms with Crippen LogP contribution in [0.2, 0.25) is 0 Å². The number of carbonyl (C=O) groups excluding carboxylic acids is 1. The van der Waals surface area contributed by atoms with Crippen molar-refractivity contribution in [2.24, 2.45) is 5.92 Å². The van der Waals surface area contributed by atoms with Crippen LogP contribution in [0.1, 0.15) is 36.4 Å². The zero-order chi connectivity index (χ0) is 20.1. The minimum Gasteiger partial charge on any atom is -0.497 e. The number of nitrogens with one attached hydrogen (secondary N) is 1. The van der Waals surface area contributed by atoms with E-state index >= 15 is 0 Å². The van der Waals surface area contributed by atoms with E-state index in [-0.39, 0.29) is 17.9 Å². The largest absolute Gasteiger partial charge is 0.497 e. The lowest BCUT2D eigenvalue weighted by Crippen LogP contribution is -2.44. The molecule has 2 aromatic carbocycles. The lowest BCUT2D eigenvalue weighted by Gasteiger charge is -2.35. The van der Waals surface area contributed by atoms with Crippen molar-refractivity contribution in [3.8, 4) is 11.5 Å². The average molecular weight is 395 g/mol. The van der Waals surface area contributed by atoms with Gasteiger partial charge in [0, 0.05) is 6.54 Å². The van der Waals surface area contributed by atoms with Crippen molar-refractivity contribution < 1.29 is 14.3 Å². The van der Waals surface area contributed by atoms with Crippen molar-refractivity contribution in [3.63, 3.8) is 0 Å². The number of ether oxygens (including phenoxy) is 2. The van der Waals surface area contributed by atoms with Gasteiger partial charge in [-0.05, 0) is 61.7 Å². The highest BCUT2D eigenvalue weighted by Gasteiger charge is 2.28. The Morgan fingerprint density at radius 3 is 2.66 bits per heavy atom. The van der Waals surface area contributed by atoms with E-state index < -0.39 is 0 Å². The summed E-state index contributed by atoms with van der Waals surface area (Å²) in [5.74, 6) is 1.70. The van der Waals surface area contributed by atoms with Gasteiger partial charge >= 0.3 is 0 Å². The summed E-state index contributed by atoms with van der Waals surface area (Å²) in [7, 11) is 1.68. The van der Waals surface area contributed by atoms with Crippen molar-refractivity contribution in [1.82, 2.24) is 10.2 Å². The molecule has 29 heavy (non-hydrogen) atoms. The number of likely N-dealkylation sites (tertiary alicyclic amines) is 1. The van der Waals surface area contributed by atoms with Gasteiger partial charge in [0.2, 0.25) is 5.91 Å². The van der Waals surface area contributed by atoms with E-state index in [0.717, 1.165) is 36.6 Å². The number of nitrogens with zero attached hydrogens (tertiary/aromatic N) is 1. The fraction of sp³-hybridized carbons (Fsp3) is 0.458. The summed E-state index contributed by atoms with van der Waals surface area (Å²) in [6.07, 6.45) is 4.46. The molecule has 1 N–H and O–H groups in total. The normalized spacial score (nSPS) is 20.2. The summed E-state index contributed by atoms with van der Waals surface area (Å²) in [6, 6.07) is 16.4. The van der Waals surface area contributed by atoms with E-state index in [1.165, 1.54) is 24.8 Å². The molecule has 1 amide bonds. The molecule has 2 aliphatic heterocycles. The highest BCUT2D eigenvalue weighted by atomic mass is 16.5. The van der Waals surface area contributed by atoms with Crippen LogP contribution in [-0.2, 0) is 11.2 Å². The maximum absolute atomic E-state index is 12.9. The van der Waals surface area contributed by atoms with Gasteiger partial charge in [-0.1, -0.05) is 36.8 Å². The van der Waals surface area contributed by atoms with Crippen molar-refractivity contribution in [2.45, 2.75) is 31.7 Å². The van der Waals surface area contributed by atoms with Crippen LogP contribution < -0.4 is 14.8 Å². The van der Waals surface area contributed by atoms with Gasteiger partial charge in [0.1, 0.15) is 18.1 Å². The van der Waals surface area contributed by atoms with Crippen LogP contribution in [0.3, 0.4) is 0 Å². The van der Waals surface area contributed by atoms with E-state index in [9.17, 15) is 4.79 Å². The number of carbonyl (C=O) groups is 1. The molecule has 2 aromatic rings. The molecule has 0 spiro atoms. The minimum absolute atomic E-state index is 0.0787. The molecule has 2 heterocycles. The smallest absolute Gasteiger partial charge is 0.226 e. The van der Waals surface area contributed by atoms with Gasteiger partial charge in [-0.15, -0.1) is 0 Å². The number of para-hydroxylation sites is 1. The predicted octanol–water partition coefficient (Wildman–Crippen LogP) is 3.59. The Balaban J connectivity index is 1.42. The van der Waals surface area contributed by atoms with Gasteiger partial charge < -0.3 is 14.8 Å². The third-order valence-electron chi connectivity index (χ3n) is 6.05. The Morgan fingerprint density at radius 2 is 1.90 bits per heavy atom. The van der Waals surface area contributed by atoms with Gasteiger partial charge in [0.15, 0.2) is 0 Å². The van der Waals surface area contributed by atoms with Crippen molar-refractivity contribution in [2.75, 3.05) is 33.4 Å². The average Bonchev–Trinajstić information content (AvgIpc) is 2.80. The van der Waals surface area contributed by atoms with E-state index in [1.807, 2.05) is 36.4 Å². The molecule has 2 atom stereocenters. The Bertz CT molecular complexity index is 815. The van der Waals surface area contributed by atoms with Gasteiger partial charge in [-0.25, -0.2) is 0 Å². The summed E-state index contributed by atoms with van der Waals surface area (Å²) in [6.45, 7) is 3.21. The number of rotatable bonds is 6. The predicted molar refractivity (Wildman–Crippen MR) is 113 cm³/mol. The standard InChI is InChI=1S/C24H30N2O3/c1-28-21-11-9-18(10-12-21)22(26-13-5-2-6-14-26)16-25-24(27)20-15-19-7-3-4-8-23(19)29-17-20/h3-4,7-12,20,22H,2,5-6,13-17H2,1H3,(H,25,27)/t20-,22+/m1/s1. The summed E-state index contributed by atoms with van der Waals surface area (Å²) >= 11 is 0. The molecule has 0 saturated carbocycles. The molecule has 0 aromatic heterocycles. The van der Waals surface area contributed by atoms with Crippen LogP contribution in [0, 0.1) is 5.92 Å². The van der Waals surface area contributed by atoms with Crippen molar-refractivity contribution in [1.29, 1.82) is 0 Å². The van der Waals surface area contributed by atoms with Gasteiger partial charge in [0.25, 0.3) is 0 Å². The van der Waals surface area contributed by atoms with Crippen LogP contribution in [0.25, 0.3) is 0 Å². The number of amides is 1. The molecule has 0 bridgehead atoms. The SMILES string of the molecule is COc1ccc([C@H](CNC(=O)[C@H]2COc3ccccc3C2)N2CCCCC2)cc1. The molecule has 0 unspecified atom stereocenters. The van der Waals surface area contributed by atoms with Gasteiger partial charge in [-0.2, -0.15) is 0 Å². The van der Waals surface area contributed by atoms with Crippen LogP contribution in [0.15, 0.2) is 48.5 Å². The Hall–Kier alpha value is -2.53. The molecular formula is C24H30N2O3. The van der Waals surface area contributed by atoms with E-state index in [0.29, 0.717) is 13.2 Å². The van der Waals surface area contributed by atoms with Crippen LogP contribution in [0.4, 0.5) is 0 Å². The summed E-state index contributed by atoms with van der Waals surface area (Å²) in [5.41, 5.74) is 2.33. The van der Waals surface area contributed by atoms with Crippen molar-refractivity contribution in [3.05, 3.63) is 59.7 Å². The third kappa shape index (κ3) is 4.73.